The highest BCUT2D eigenvalue weighted by Crippen LogP contribution is 2.23. The number of nitrogens with zero attached hydrogens (tertiary/aromatic N) is 3. The maximum Gasteiger partial charge on any atom is 0.347 e. The molecule has 0 saturated carbocycles. The van der Waals surface area contributed by atoms with Gasteiger partial charge in [-0.25, -0.2) is 4.79 Å². The Kier molecular flexibility index (Phi) is 6.49. The third-order valence-electron chi connectivity index (χ3n) is 6.65. The number of amides is 2. The van der Waals surface area contributed by atoms with Crippen molar-refractivity contribution in [2.75, 3.05) is 25.0 Å². The molecule has 1 atom stereocenters. The summed E-state index contributed by atoms with van der Waals surface area (Å²) in [5, 5.41) is 7.37. The predicted octanol–water partition coefficient (Wildman–Crippen LogP) is 5.23. The zero-order chi connectivity index (χ0) is 23.3. The highest BCUT2D eigenvalue weighted by molar-refractivity contribution is 6.05. The van der Waals surface area contributed by atoms with E-state index in [-0.39, 0.29) is 5.92 Å². The molecule has 6 nitrogen and oxygen atoms in total. The van der Waals surface area contributed by atoms with Crippen LogP contribution in [0.1, 0.15) is 18.4 Å². The van der Waals surface area contributed by atoms with Gasteiger partial charge in [0.1, 0.15) is 5.84 Å². The van der Waals surface area contributed by atoms with Crippen LogP contribution in [0.4, 0.5) is 10.5 Å². The van der Waals surface area contributed by atoms with Gasteiger partial charge in [-0.15, -0.1) is 0 Å². The van der Waals surface area contributed by atoms with Crippen LogP contribution in [0.5, 0.6) is 0 Å². The second-order valence-corrected chi connectivity index (χ2v) is 8.90. The summed E-state index contributed by atoms with van der Waals surface area (Å²) >= 11 is 0. The van der Waals surface area contributed by atoms with E-state index in [1.54, 1.807) is 12.4 Å². The van der Waals surface area contributed by atoms with E-state index in [2.05, 4.69) is 62.7 Å². The first kappa shape index (κ1) is 22.0. The van der Waals surface area contributed by atoms with Gasteiger partial charge in [-0.1, -0.05) is 54.6 Å². The number of nitrogens with one attached hydrogen (secondary N) is 1. The standard InChI is InChI=1S/C28H29N5O/c29-27(32-28(34)31-26-12-4-9-22-18-30-15-13-25(22)26)23-10-5-16-33(19-23)17-14-21-8-3-7-20-6-1-2-11-24(20)21/h1-4,6-9,11-13,15,18,23H,5,10,14,16-17,19H2,(H3,29,31,32,34). The zero-order valence-corrected chi connectivity index (χ0v) is 19.2. The van der Waals surface area contributed by atoms with Crippen molar-refractivity contribution in [3.63, 3.8) is 0 Å². The smallest absolute Gasteiger partial charge is 0.347 e. The van der Waals surface area contributed by atoms with E-state index < -0.39 is 6.03 Å². The first-order chi connectivity index (χ1) is 16.7. The number of aliphatic imine (C=N–C) groups is 1. The van der Waals surface area contributed by atoms with Crippen LogP contribution in [0, 0.1) is 5.92 Å². The molecule has 172 valence electrons. The lowest BCUT2D eigenvalue weighted by Gasteiger charge is -2.32. The normalized spacial score (nSPS) is 17.2. The van der Waals surface area contributed by atoms with Crippen molar-refractivity contribution < 1.29 is 4.79 Å². The SMILES string of the molecule is N/C(=N\C(=O)Nc1cccc2cnccc12)C1CCCN(CCc2cccc3ccccc23)C1. The van der Waals surface area contributed by atoms with Crippen LogP contribution in [0.15, 0.2) is 84.1 Å². The summed E-state index contributed by atoms with van der Waals surface area (Å²) in [5.74, 6) is 0.498. The molecule has 2 amide bonds. The minimum absolute atomic E-state index is 0.0868. The fourth-order valence-electron chi connectivity index (χ4n) is 4.87. The van der Waals surface area contributed by atoms with Crippen LogP contribution < -0.4 is 11.1 Å². The molecule has 1 unspecified atom stereocenters. The fourth-order valence-corrected chi connectivity index (χ4v) is 4.87. The van der Waals surface area contributed by atoms with Gasteiger partial charge in [0.15, 0.2) is 0 Å². The number of amidine groups is 1. The number of rotatable bonds is 5. The maximum absolute atomic E-state index is 12.6. The molecular weight excluding hydrogens is 422 g/mol. The number of carbonyl (C=O) groups is 1. The summed E-state index contributed by atoms with van der Waals surface area (Å²) in [7, 11) is 0. The molecular formula is C28H29N5O. The Morgan fingerprint density at radius 3 is 2.79 bits per heavy atom. The second kappa shape index (κ2) is 10.0. The van der Waals surface area contributed by atoms with Crippen LogP contribution in [-0.2, 0) is 6.42 Å². The Hall–Kier alpha value is -3.77. The number of pyridine rings is 1. The quantitative estimate of drug-likeness (QED) is 0.321. The Balaban J connectivity index is 1.22. The number of fused-ring (bicyclic) bond motifs is 2. The number of benzene rings is 3. The van der Waals surface area contributed by atoms with E-state index >= 15 is 0 Å². The molecule has 1 aliphatic rings. The Morgan fingerprint density at radius 2 is 1.85 bits per heavy atom. The van der Waals surface area contributed by atoms with Crippen molar-refractivity contribution in [2.45, 2.75) is 19.3 Å². The molecule has 6 heteroatoms. The number of carbonyl (C=O) groups excluding carboxylic acids is 1. The lowest BCUT2D eigenvalue weighted by molar-refractivity contribution is 0.206. The molecule has 4 aromatic rings. The van der Waals surface area contributed by atoms with Crippen molar-refractivity contribution in [3.05, 3.63) is 84.7 Å². The number of anilines is 1. The summed E-state index contributed by atoms with van der Waals surface area (Å²) in [4.78, 5) is 23.4. The van der Waals surface area contributed by atoms with Crippen molar-refractivity contribution >= 4 is 39.1 Å². The molecule has 0 spiro atoms. The Bertz CT molecular complexity index is 1340. The minimum atomic E-state index is -0.435. The summed E-state index contributed by atoms with van der Waals surface area (Å²) in [6, 6.07) is 22.2. The van der Waals surface area contributed by atoms with Gasteiger partial charge >= 0.3 is 6.03 Å². The molecule has 3 N–H and O–H groups in total. The first-order valence-corrected chi connectivity index (χ1v) is 11.8. The van der Waals surface area contributed by atoms with Gasteiger partial charge < -0.3 is 16.0 Å². The number of urea groups is 1. The van der Waals surface area contributed by atoms with Gasteiger partial charge in [0.25, 0.3) is 0 Å². The van der Waals surface area contributed by atoms with Crippen molar-refractivity contribution in [1.29, 1.82) is 0 Å². The number of nitrogens with two attached hydrogens (primary N) is 1. The molecule has 1 saturated heterocycles. The van der Waals surface area contributed by atoms with Crippen LogP contribution in [-0.4, -0.2) is 41.4 Å². The molecule has 1 fully saturated rings. The highest BCUT2D eigenvalue weighted by Gasteiger charge is 2.23. The van der Waals surface area contributed by atoms with Gasteiger partial charge in [0, 0.05) is 42.2 Å². The number of piperidine rings is 1. The van der Waals surface area contributed by atoms with E-state index in [0.29, 0.717) is 11.5 Å². The molecule has 0 aliphatic carbocycles. The van der Waals surface area contributed by atoms with E-state index in [0.717, 1.165) is 49.7 Å². The molecule has 0 radical (unpaired) electrons. The van der Waals surface area contributed by atoms with Crippen LogP contribution >= 0.6 is 0 Å². The van der Waals surface area contributed by atoms with E-state index in [1.165, 1.54) is 16.3 Å². The monoisotopic (exact) mass is 451 g/mol. The third kappa shape index (κ3) is 4.92. The molecule has 1 aromatic heterocycles. The van der Waals surface area contributed by atoms with E-state index in [9.17, 15) is 4.79 Å². The molecule has 5 rings (SSSR count). The summed E-state index contributed by atoms with van der Waals surface area (Å²) < 4.78 is 0. The lowest BCUT2D eigenvalue weighted by atomic mass is 9.96. The van der Waals surface area contributed by atoms with Crippen molar-refractivity contribution in [1.82, 2.24) is 9.88 Å². The number of likely N-dealkylation sites (tertiary alicyclic amines) is 1. The molecule has 3 aromatic carbocycles. The second-order valence-electron chi connectivity index (χ2n) is 8.90. The largest absolute Gasteiger partial charge is 0.387 e. The lowest BCUT2D eigenvalue weighted by Crippen LogP contribution is -2.42. The minimum Gasteiger partial charge on any atom is -0.387 e. The Labute approximate surface area is 199 Å². The van der Waals surface area contributed by atoms with E-state index in [1.807, 2.05) is 24.3 Å². The van der Waals surface area contributed by atoms with Crippen LogP contribution in [0.3, 0.4) is 0 Å². The van der Waals surface area contributed by atoms with Gasteiger partial charge in [-0.2, -0.15) is 4.99 Å². The van der Waals surface area contributed by atoms with Crippen LogP contribution in [0.25, 0.3) is 21.5 Å². The number of hydrogen-bond donors (Lipinski definition) is 2. The Morgan fingerprint density at radius 1 is 1.03 bits per heavy atom. The van der Waals surface area contributed by atoms with Gasteiger partial charge in [0.2, 0.25) is 0 Å². The van der Waals surface area contributed by atoms with Crippen molar-refractivity contribution in [2.24, 2.45) is 16.6 Å². The molecule has 0 bridgehead atoms. The predicted molar refractivity (Wildman–Crippen MR) is 139 cm³/mol. The average molecular weight is 452 g/mol. The van der Waals surface area contributed by atoms with Gasteiger partial charge in [-0.3, -0.25) is 4.98 Å². The molecule has 2 heterocycles. The van der Waals surface area contributed by atoms with Gasteiger partial charge in [0.05, 0.1) is 5.69 Å². The summed E-state index contributed by atoms with van der Waals surface area (Å²) in [6.07, 6.45) is 6.48. The highest BCUT2D eigenvalue weighted by atomic mass is 16.2. The van der Waals surface area contributed by atoms with Crippen molar-refractivity contribution in [3.8, 4) is 0 Å². The zero-order valence-electron chi connectivity index (χ0n) is 19.2. The molecule has 1 aliphatic heterocycles. The summed E-state index contributed by atoms with van der Waals surface area (Å²) in [5.41, 5.74) is 8.39. The van der Waals surface area contributed by atoms with Crippen LogP contribution in [0.2, 0.25) is 0 Å². The first-order valence-electron chi connectivity index (χ1n) is 11.8. The van der Waals surface area contributed by atoms with Gasteiger partial charge in [-0.05, 0) is 54.3 Å². The maximum atomic E-state index is 12.6. The number of aromatic nitrogens is 1. The number of hydrogen-bond acceptors (Lipinski definition) is 3. The molecule has 34 heavy (non-hydrogen) atoms. The summed E-state index contributed by atoms with van der Waals surface area (Å²) in [6.45, 7) is 2.84. The average Bonchev–Trinajstić information content (AvgIpc) is 2.88. The topological polar surface area (TPSA) is 83.6 Å². The third-order valence-corrected chi connectivity index (χ3v) is 6.65. The fraction of sp³-hybridized carbons (Fsp3) is 0.250. The van der Waals surface area contributed by atoms with E-state index in [4.69, 9.17) is 5.73 Å².